The first-order valence-electron chi connectivity index (χ1n) is 5.52. The molecular weight excluding hydrogens is 270 g/mol. The van der Waals surface area contributed by atoms with Gasteiger partial charge in [0.1, 0.15) is 0 Å². The maximum Gasteiger partial charge on any atom is 0.328 e. The quantitative estimate of drug-likeness (QED) is 0.787. The monoisotopic (exact) mass is 283 g/mol. The lowest BCUT2D eigenvalue weighted by Gasteiger charge is -2.12. The maximum atomic E-state index is 11.7. The molecule has 0 saturated carbocycles. The van der Waals surface area contributed by atoms with E-state index in [0.717, 1.165) is 4.96 Å². The summed E-state index contributed by atoms with van der Waals surface area (Å²) in [5.74, 6) is -1.52. The average Bonchev–Trinajstić information content (AvgIpc) is 2.88. The van der Waals surface area contributed by atoms with E-state index in [1.165, 1.54) is 18.4 Å². The Labute approximate surface area is 112 Å². The molecule has 2 aromatic rings. The number of carbonyl (C=O) groups is 2. The third-order valence-corrected chi connectivity index (χ3v) is 3.22. The number of nitrogens with zero attached hydrogens (tertiary/aromatic N) is 2. The summed E-state index contributed by atoms with van der Waals surface area (Å²) >= 11 is 1.47. The normalized spacial score (nSPS) is 12.5. The van der Waals surface area contributed by atoms with Gasteiger partial charge in [-0.3, -0.25) is 9.20 Å². The number of rotatable bonds is 6. The van der Waals surface area contributed by atoms with E-state index in [4.69, 9.17) is 9.84 Å². The number of methoxy groups -OCH3 is 1. The molecule has 19 heavy (non-hydrogen) atoms. The highest BCUT2D eigenvalue weighted by Gasteiger charge is 2.20. The van der Waals surface area contributed by atoms with Crippen molar-refractivity contribution in [3.63, 3.8) is 0 Å². The molecule has 0 aliphatic heterocycles. The fraction of sp³-hybridized carbons (Fsp3) is 0.364. The van der Waals surface area contributed by atoms with Crippen molar-refractivity contribution in [2.75, 3.05) is 13.7 Å². The van der Waals surface area contributed by atoms with E-state index in [9.17, 15) is 9.59 Å². The molecular formula is C11H13N3O4S. The molecule has 2 aromatic heterocycles. The predicted octanol–water partition coefficient (Wildman–Crippen LogP) is 0.154. The topological polar surface area (TPSA) is 92.9 Å². The second-order valence-corrected chi connectivity index (χ2v) is 4.79. The summed E-state index contributed by atoms with van der Waals surface area (Å²) in [6.45, 7) is -0.0701. The molecule has 2 heterocycles. The number of amides is 1. The lowest BCUT2D eigenvalue weighted by Crippen LogP contribution is -2.44. The van der Waals surface area contributed by atoms with Gasteiger partial charge in [-0.1, -0.05) is 0 Å². The first-order chi connectivity index (χ1) is 9.10. The second kappa shape index (κ2) is 5.81. The summed E-state index contributed by atoms with van der Waals surface area (Å²) in [6, 6.07) is -1.04. The summed E-state index contributed by atoms with van der Waals surface area (Å²) < 4.78 is 6.55. The van der Waals surface area contributed by atoms with Crippen molar-refractivity contribution in [3.8, 4) is 0 Å². The van der Waals surface area contributed by atoms with Crippen molar-refractivity contribution in [1.82, 2.24) is 14.7 Å². The number of aliphatic carboxylic acids is 1. The van der Waals surface area contributed by atoms with Gasteiger partial charge in [-0.2, -0.15) is 0 Å². The van der Waals surface area contributed by atoms with Gasteiger partial charge in [0.15, 0.2) is 11.0 Å². The molecule has 0 spiro atoms. The van der Waals surface area contributed by atoms with Gasteiger partial charge in [-0.05, 0) is 0 Å². The predicted molar refractivity (Wildman–Crippen MR) is 68.2 cm³/mol. The molecule has 1 atom stereocenters. The molecule has 0 radical (unpaired) electrons. The van der Waals surface area contributed by atoms with Crippen molar-refractivity contribution >= 4 is 28.2 Å². The van der Waals surface area contributed by atoms with E-state index < -0.39 is 17.9 Å². The minimum absolute atomic E-state index is 0.0435. The zero-order valence-electron chi connectivity index (χ0n) is 10.2. The van der Waals surface area contributed by atoms with Crippen molar-refractivity contribution in [2.24, 2.45) is 0 Å². The molecule has 7 nitrogen and oxygen atoms in total. The van der Waals surface area contributed by atoms with Crippen LogP contribution in [0.3, 0.4) is 0 Å². The van der Waals surface area contributed by atoms with Gasteiger partial charge in [0.05, 0.1) is 18.7 Å². The minimum atomic E-state index is -1.12. The maximum absolute atomic E-state index is 11.7. The summed E-state index contributed by atoms with van der Waals surface area (Å²) in [4.78, 5) is 27.6. The van der Waals surface area contributed by atoms with Crippen LogP contribution in [0.1, 0.15) is 5.69 Å². The van der Waals surface area contributed by atoms with Crippen molar-refractivity contribution < 1.29 is 19.4 Å². The Hall–Kier alpha value is -1.93. The highest BCUT2D eigenvalue weighted by Crippen LogP contribution is 2.11. The van der Waals surface area contributed by atoms with Gasteiger partial charge < -0.3 is 15.2 Å². The van der Waals surface area contributed by atoms with Crippen LogP contribution in [0.25, 0.3) is 4.96 Å². The number of carboxylic acid groups (broad SMARTS) is 1. The van der Waals surface area contributed by atoms with Gasteiger partial charge in [0, 0.05) is 24.9 Å². The summed E-state index contributed by atoms with van der Waals surface area (Å²) in [7, 11) is 1.38. The Bertz CT molecular complexity index is 563. The lowest BCUT2D eigenvalue weighted by atomic mass is 10.2. The molecule has 0 fully saturated rings. The number of thiazole rings is 1. The average molecular weight is 283 g/mol. The summed E-state index contributed by atoms with van der Waals surface area (Å²) in [6.07, 6.45) is 3.64. The Morgan fingerprint density at radius 1 is 1.63 bits per heavy atom. The molecule has 102 valence electrons. The summed E-state index contributed by atoms with van der Waals surface area (Å²) in [5.41, 5.74) is 0.603. The van der Waals surface area contributed by atoms with Crippen LogP contribution in [-0.2, 0) is 20.7 Å². The number of carbonyl (C=O) groups excluding carboxylic acids is 1. The first kappa shape index (κ1) is 13.5. The lowest BCUT2D eigenvalue weighted by molar-refractivity contribution is -0.143. The molecule has 2 rings (SSSR count). The number of hydrogen-bond acceptors (Lipinski definition) is 5. The Kier molecular flexibility index (Phi) is 4.13. The van der Waals surface area contributed by atoms with Crippen LogP contribution in [0.2, 0.25) is 0 Å². The van der Waals surface area contributed by atoms with Crippen LogP contribution in [0.4, 0.5) is 0 Å². The fourth-order valence-corrected chi connectivity index (χ4v) is 2.33. The SMILES string of the molecule is COCC(NC(=O)Cc1cn2ccsc2n1)C(=O)O. The molecule has 0 aromatic carbocycles. The van der Waals surface area contributed by atoms with Crippen molar-refractivity contribution in [2.45, 2.75) is 12.5 Å². The van der Waals surface area contributed by atoms with Gasteiger partial charge in [0.2, 0.25) is 5.91 Å². The number of fused-ring (bicyclic) bond motifs is 1. The third kappa shape index (κ3) is 3.30. The van der Waals surface area contributed by atoms with Crippen molar-refractivity contribution in [1.29, 1.82) is 0 Å². The van der Waals surface area contributed by atoms with E-state index >= 15 is 0 Å². The molecule has 1 unspecified atom stereocenters. The van der Waals surface area contributed by atoms with E-state index in [-0.39, 0.29) is 13.0 Å². The number of aromatic nitrogens is 2. The van der Waals surface area contributed by atoms with Crippen LogP contribution >= 0.6 is 11.3 Å². The zero-order chi connectivity index (χ0) is 13.8. The third-order valence-electron chi connectivity index (χ3n) is 2.45. The smallest absolute Gasteiger partial charge is 0.328 e. The standard InChI is InChI=1S/C11H13N3O4S/c1-18-6-8(10(16)17)13-9(15)4-7-5-14-2-3-19-11(14)12-7/h2-3,5,8H,4,6H2,1H3,(H,13,15)(H,16,17). The van der Waals surface area contributed by atoms with E-state index in [1.54, 1.807) is 6.20 Å². The highest BCUT2D eigenvalue weighted by atomic mass is 32.1. The van der Waals surface area contributed by atoms with Gasteiger partial charge in [-0.25, -0.2) is 9.78 Å². The van der Waals surface area contributed by atoms with Gasteiger partial charge in [-0.15, -0.1) is 11.3 Å². The first-order valence-corrected chi connectivity index (χ1v) is 6.40. The van der Waals surface area contributed by atoms with E-state index in [0.29, 0.717) is 5.69 Å². The number of imidazole rings is 1. The van der Waals surface area contributed by atoms with E-state index in [2.05, 4.69) is 10.3 Å². The van der Waals surface area contributed by atoms with Gasteiger partial charge >= 0.3 is 5.97 Å². The molecule has 2 N–H and O–H groups in total. The zero-order valence-corrected chi connectivity index (χ0v) is 11.0. The van der Waals surface area contributed by atoms with Crippen LogP contribution in [0.15, 0.2) is 17.8 Å². The molecule has 0 aliphatic carbocycles. The number of nitrogens with one attached hydrogen (secondary N) is 1. The van der Waals surface area contributed by atoms with Crippen LogP contribution < -0.4 is 5.32 Å². The highest BCUT2D eigenvalue weighted by molar-refractivity contribution is 7.15. The molecule has 0 aliphatic rings. The molecule has 8 heteroatoms. The number of carboxylic acids is 1. The van der Waals surface area contributed by atoms with Gasteiger partial charge in [0.25, 0.3) is 0 Å². The van der Waals surface area contributed by atoms with Crippen LogP contribution in [-0.4, -0.2) is 46.1 Å². The van der Waals surface area contributed by atoms with Crippen LogP contribution in [0, 0.1) is 0 Å². The largest absolute Gasteiger partial charge is 0.480 e. The number of ether oxygens (including phenoxy) is 1. The molecule has 0 saturated heterocycles. The Balaban J connectivity index is 1.96. The fourth-order valence-electron chi connectivity index (χ4n) is 1.61. The molecule has 1 amide bonds. The second-order valence-electron chi connectivity index (χ2n) is 3.92. The Morgan fingerprint density at radius 3 is 3.05 bits per heavy atom. The van der Waals surface area contributed by atoms with Crippen LogP contribution in [0.5, 0.6) is 0 Å². The number of hydrogen-bond donors (Lipinski definition) is 2. The van der Waals surface area contributed by atoms with E-state index in [1.807, 2.05) is 16.0 Å². The van der Waals surface area contributed by atoms with Crippen molar-refractivity contribution in [3.05, 3.63) is 23.5 Å². The summed E-state index contributed by atoms with van der Waals surface area (Å²) in [5, 5.41) is 13.2. The Morgan fingerprint density at radius 2 is 2.42 bits per heavy atom. The molecule has 0 bridgehead atoms. The minimum Gasteiger partial charge on any atom is -0.480 e.